The highest BCUT2D eigenvalue weighted by molar-refractivity contribution is 8.00. The quantitative estimate of drug-likeness (QED) is 0.743. The molecule has 1 heterocycles. The van der Waals surface area contributed by atoms with Crippen molar-refractivity contribution in [2.45, 2.75) is 38.5 Å². The normalized spacial score (nSPS) is 20.5. The lowest BCUT2D eigenvalue weighted by Gasteiger charge is -2.16. The van der Waals surface area contributed by atoms with E-state index in [4.69, 9.17) is 4.74 Å². The van der Waals surface area contributed by atoms with Gasteiger partial charge in [0.2, 0.25) is 5.91 Å². The summed E-state index contributed by atoms with van der Waals surface area (Å²) in [5, 5.41) is 2.60. The Balaban J connectivity index is 1.70. The molecule has 0 aliphatic carbocycles. The summed E-state index contributed by atoms with van der Waals surface area (Å²) in [6, 6.07) is 5.85. The number of hydrogen-bond acceptors (Lipinski definition) is 5. The first-order valence-electron chi connectivity index (χ1n) is 8.09. The molecule has 5 nitrogen and oxygen atoms in total. The van der Waals surface area contributed by atoms with Crippen molar-refractivity contribution in [1.29, 1.82) is 0 Å². The molecule has 0 bridgehead atoms. The zero-order chi connectivity index (χ0) is 17.7. The molecule has 1 amide bonds. The molecule has 2 atom stereocenters. The minimum absolute atomic E-state index is 0.0614. The molecule has 0 saturated carbocycles. The molecule has 1 fully saturated rings. The molecule has 1 aromatic carbocycles. The first-order chi connectivity index (χ1) is 11.3. The fourth-order valence-electron chi connectivity index (χ4n) is 2.54. The second-order valence-electron chi connectivity index (χ2n) is 6.24. The smallest absolute Gasteiger partial charge is 0.233 e. The fourth-order valence-corrected chi connectivity index (χ4v) is 4.97. The minimum atomic E-state index is -2.97. The van der Waals surface area contributed by atoms with E-state index in [1.54, 1.807) is 0 Å². The van der Waals surface area contributed by atoms with E-state index in [1.807, 2.05) is 39.0 Å². The number of carbonyl (C=O) groups is 1. The van der Waals surface area contributed by atoms with Crippen LogP contribution in [0.15, 0.2) is 18.2 Å². The van der Waals surface area contributed by atoms with Gasteiger partial charge in [-0.3, -0.25) is 4.79 Å². The number of carbonyl (C=O) groups excluding carboxylic acids is 1. The van der Waals surface area contributed by atoms with Crippen LogP contribution in [-0.2, 0) is 14.6 Å². The summed E-state index contributed by atoms with van der Waals surface area (Å²) in [4.78, 5) is 12.1. The maximum Gasteiger partial charge on any atom is 0.233 e. The lowest BCUT2D eigenvalue weighted by molar-refractivity contribution is -0.120. The van der Waals surface area contributed by atoms with E-state index in [0.29, 0.717) is 18.8 Å². The maximum absolute atomic E-state index is 12.1. The van der Waals surface area contributed by atoms with Crippen molar-refractivity contribution in [2.75, 3.05) is 23.9 Å². The molecule has 1 aliphatic rings. The molecule has 1 saturated heterocycles. The van der Waals surface area contributed by atoms with Crippen LogP contribution in [0.4, 0.5) is 0 Å². The van der Waals surface area contributed by atoms with Gasteiger partial charge in [0.15, 0.2) is 9.84 Å². The summed E-state index contributed by atoms with van der Waals surface area (Å²) in [5.41, 5.74) is 2.25. The second kappa shape index (κ2) is 8.25. The van der Waals surface area contributed by atoms with Gasteiger partial charge in [-0.25, -0.2) is 8.42 Å². The molecule has 0 spiro atoms. The Hall–Kier alpha value is -1.21. The largest absolute Gasteiger partial charge is 0.492 e. The maximum atomic E-state index is 12.1. The van der Waals surface area contributed by atoms with Gasteiger partial charge in [-0.05, 0) is 44.4 Å². The van der Waals surface area contributed by atoms with Crippen LogP contribution in [0.5, 0.6) is 5.75 Å². The highest BCUT2D eigenvalue weighted by Crippen LogP contribution is 2.20. The SMILES string of the molecule is Cc1ccc(C)c(OCCS[C@@H](C)C(=O)N[C@@H]2CCS(=O)(=O)C2)c1. The molecule has 1 N–H and O–H groups in total. The van der Waals surface area contributed by atoms with Crippen LogP contribution in [0.3, 0.4) is 0 Å². The molecule has 0 unspecified atom stereocenters. The minimum Gasteiger partial charge on any atom is -0.492 e. The van der Waals surface area contributed by atoms with E-state index in [0.717, 1.165) is 16.9 Å². The summed E-state index contributed by atoms with van der Waals surface area (Å²) in [6.07, 6.45) is 0.515. The number of aryl methyl sites for hydroxylation is 2. The van der Waals surface area contributed by atoms with Crippen LogP contribution in [-0.4, -0.2) is 49.5 Å². The first kappa shape index (κ1) is 19.1. The Labute approximate surface area is 148 Å². The summed E-state index contributed by atoms with van der Waals surface area (Å²) in [6.45, 7) is 6.40. The Morgan fingerprint density at radius 2 is 2.17 bits per heavy atom. The van der Waals surface area contributed by atoms with Crippen molar-refractivity contribution in [2.24, 2.45) is 0 Å². The lowest BCUT2D eigenvalue weighted by atomic mass is 10.1. The van der Waals surface area contributed by atoms with Gasteiger partial charge in [0.05, 0.1) is 23.4 Å². The molecule has 0 aromatic heterocycles. The van der Waals surface area contributed by atoms with Gasteiger partial charge in [-0.15, -0.1) is 11.8 Å². The van der Waals surface area contributed by atoms with Crippen molar-refractivity contribution in [3.63, 3.8) is 0 Å². The number of sulfone groups is 1. The van der Waals surface area contributed by atoms with Crippen molar-refractivity contribution in [1.82, 2.24) is 5.32 Å². The molecule has 1 aliphatic heterocycles. The third-order valence-electron chi connectivity index (χ3n) is 4.00. The van der Waals surface area contributed by atoms with E-state index in [-0.39, 0.29) is 28.7 Å². The number of ether oxygens (including phenoxy) is 1. The number of thioether (sulfide) groups is 1. The second-order valence-corrected chi connectivity index (χ2v) is 9.92. The lowest BCUT2D eigenvalue weighted by Crippen LogP contribution is -2.40. The third-order valence-corrected chi connectivity index (χ3v) is 6.88. The number of hydrogen-bond donors (Lipinski definition) is 1. The van der Waals surface area contributed by atoms with Crippen LogP contribution >= 0.6 is 11.8 Å². The standard InChI is InChI=1S/C17H25NO4S2/c1-12-4-5-13(2)16(10-12)22-7-8-23-14(3)17(19)18-15-6-9-24(20,21)11-15/h4-5,10,14-15H,6-9,11H2,1-3H3,(H,18,19)/t14-,15+/m0/s1. The Bertz CT molecular complexity index is 688. The number of nitrogens with one attached hydrogen (secondary N) is 1. The molecular formula is C17H25NO4S2. The summed E-state index contributed by atoms with van der Waals surface area (Å²) < 4.78 is 28.6. The van der Waals surface area contributed by atoms with E-state index in [9.17, 15) is 13.2 Å². The first-order valence-corrected chi connectivity index (χ1v) is 11.0. The molecule has 2 rings (SSSR count). The Morgan fingerprint density at radius 3 is 2.83 bits per heavy atom. The molecular weight excluding hydrogens is 346 g/mol. The third kappa shape index (κ3) is 5.70. The van der Waals surface area contributed by atoms with Gasteiger partial charge in [0, 0.05) is 11.8 Å². The van der Waals surface area contributed by atoms with Gasteiger partial charge in [0.25, 0.3) is 0 Å². The molecule has 134 valence electrons. The zero-order valence-corrected chi connectivity index (χ0v) is 16.0. The fraction of sp³-hybridized carbons (Fsp3) is 0.588. The molecule has 0 radical (unpaired) electrons. The van der Waals surface area contributed by atoms with Gasteiger partial charge in [0.1, 0.15) is 5.75 Å². The predicted octanol–water partition coefficient (Wildman–Crippen LogP) is 2.11. The van der Waals surface area contributed by atoms with Crippen LogP contribution in [0, 0.1) is 13.8 Å². The topological polar surface area (TPSA) is 72.5 Å². The van der Waals surface area contributed by atoms with Gasteiger partial charge in [-0.1, -0.05) is 12.1 Å². The van der Waals surface area contributed by atoms with Crippen molar-refractivity contribution >= 4 is 27.5 Å². The predicted molar refractivity (Wildman–Crippen MR) is 98.5 cm³/mol. The van der Waals surface area contributed by atoms with Crippen molar-refractivity contribution < 1.29 is 17.9 Å². The van der Waals surface area contributed by atoms with Gasteiger partial charge in [-0.2, -0.15) is 0 Å². The monoisotopic (exact) mass is 371 g/mol. The zero-order valence-electron chi connectivity index (χ0n) is 14.4. The van der Waals surface area contributed by atoms with E-state index in [2.05, 4.69) is 5.32 Å². The van der Waals surface area contributed by atoms with Crippen LogP contribution in [0.1, 0.15) is 24.5 Å². The van der Waals surface area contributed by atoms with Crippen molar-refractivity contribution in [3.8, 4) is 5.75 Å². The number of benzene rings is 1. The number of amides is 1. The average Bonchev–Trinajstić information content (AvgIpc) is 2.85. The highest BCUT2D eigenvalue weighted by Gasteiger charge is 2.29. The van der Waals surface area contributed by atoms with E-state index in [1.165, 1.54) is 11.8 Å². The highest BCUT2D eigenvalue weighted by atomic mass is 32.2. The van der Waals surface area contributed by atoms with Gasteiger partial charge < -0.3 is 10.1 Å². The van der Waals surface area contributed by atoms with Crippen molar-refractivity contribution in [3.05, 3.63) is 29.3 Å². The van der Waals surface area contributed by atoms with Crippen LogP contribution in [0.2, 0.25) is 0 Å². The Kier molecular flexibility index (Phi) is 6.57. The average molecular weight is 372 g/mol. The van der Waals surface area contributed by atoms with Crippen LogP contribution < -0.4 is 10.1 Å². The summed E-state index contributed by atoms with van der Waals surface area (Å²) >= 11 is 1.51. The molecule has 24 heavy (non-hydrogen) atoms. The number of rotatable bonds is 7. The van der Waals surface area contributed by atoms with Crippen LogP contribution in [0.25, 0.3) is 0 Å². The summed E-state index contributed by atoms with van der Waals surface area (Å²) in [5.74, 6) is 1.71. The Morgan fingerprint density at radius 1 is 1.42 bits per heavy atom. The summed E-state index contributed by atoms with van der Waals surface area (Å²) in [7, 11) is -2.97. The van der Waals surface area contributed by atoms with E-state index >= 15 is 0 Å². The van der Waals surface area contributed by atoms with Gasteiger partial charge >= 0.3 is 0 Å². The molecule has 1 aromatic rings. The molecule has 7 heteroatoms. The van der Waals surface area contributed by atoms with E-state index < -0.39 is 9.84 Å².